The number of halogens is 1. The summed E-state index contributed by atoms with van der Waals surface area (Å²) < 4.78 is 5.31. The van der Waals surface area contributed by atoms with Crippen LogP contribution < -0.4 is 4.74 Å². The molecule has 1 N–H and O–H groups in total. The maximum atomic E-state index is 10.1. The van der Waals surface area contributed by atoms with Gasteiger partial charge in [-0.2, -0.15) is 0 Å². The minimum absolute atomic E-state index is 0.149. The highest BCUT2D eigenvalue weighted by atomic mass is 35.5. The number of rotatable bonds is 5. The van der Waals surface area contributed by atoms with Gasteiger partial charge in [0, 0.05) is 11.8 Å². The minimum Gasteiger partial charge on any atom is -0.507 e. The molecular formula is C16H23ClN2O2. The van der Waals surface area contributed by atoms with Gasteiger partial charge in [0.15, 0.2) is 0 Å². The molecule has 1 aromatic carbocycles. The Hall–Kier alpha value is -1.26. The number of aliphatic imine (C=N–C) groups is 1. The van der Waals surface area contributed by atoms with Gasteiger partial charge >= 0.3 is 0 Å². The lowest BCUT2D eigenvalue weighted by molar-refractivity contribution is 0.273. The quantitative estimate of drug-likeness (QED) is 0.848. The van der Waals surface area contributed by atoms with E-state index in [1.165, 1.54) is 12.8 Å². The van der Waals surface area contributed by atoms with Crippen molar-refractivity contribution in [2.45, 2.75) is 32.7 Å². The summed E-state index contributed by atoms with van der Waals surface area (Å²) in [5.41, 5.74) is 1.35. The molecule has 0 amide bonds. The van der Waals surface area contributed by atoms with Crippen LogP contribution in [0.15, 0.2) is 17.1 Å². The van der Waals surface area contributed by atoms with Gasteiger partial charge < -0.3 is 9.84 Å². The molecule has 1 unspecified atom stereocenters. The second kappa shape index (κ2) is 7.14. The highest BCUT2D eigenvalue weighted by Gasteiger charge is 2.23. The largest absolute Gasteiger partial charge is 0.507 e. The summed E-state index contributed by atoms with van der Waals surface area (Å²) in [5.74, 6) is 0.632. The number of aromatic hydroxyl groups is 1. The van der Waals surface area contributed by atoms with E-state index in [2.05, 4.69) is 16.8 Å². The third kappa shape index (κ3) is 3.50. The van der Waals surface area contributed by atoms with E-state index in [4.69, 9.17) is 16.3 Å². The number of likely N-dealkylation sites (tertiary alicyclic amines) is 1. The first-order valence-electron chi connectivity index (χ1n) is 7.39. The number of methoxy groups -OCH3 is 1. The minimum atomic E-state index is 0.149. The second-order valence-electron chi connectivity index (χ2n) is 5.33. The number of benzene rings is 1. The van der Waals surface area contributed by atoms with Crippen molar-refractivity contribution >= 4 is 17.3 Å². The molecule has 1 aromatic rings. The molecule has 1 aliphatic rings. The van der Waals surface area contributed by atoms with E-state index in [0.717, 1.165) is 25.3 Å². The standard InChI is InChI=1S/C16H23ClN2O2/c1-4-19-9-5-6-12(19)10-18-11(2)15-14(20)8-7-13(17)16(15)21-3/h7-8,12,20H,4-6,9-10H2,1-3H3/b18-11+. The fourth-order valence-corrected chi connectivity index (χ4v) is 3.17. The predicted octanol–water partition coefficient (Wildman–Crippen LogP) is 3.35. The summed E-state index contributed by atoms with van der Waals surface area (Å²) in [7, 11) is 1.55. The normalized spacial score (nSPS) is 20.0. The summed E-state index contributed by atoms with van der Waals surface area (Å²) in [4.78, 5) is 7.11. The van der Waals surface area contributed by atoms with Crippen LogP contribution in [-0.2, 0) is 0 Å². The number of phenolic OH excluding ortho intramolecular Hbond substituents is 1. The van der Waals surface area contributed by atoms with Gasteiger partial charge in [-0.1, -0.05) is 18.5 Å². The molecule has 1 fully saturated rings. The Morgan fingerprint density at radius 3 is 2.95 bits per heavy atom. The number of ether oxygens (including phenoxy) is 1. The fraction of sp³-hybridized carbons (Fsp3) is 0.562. The Bertz CT molecular complexity index is 531. The van der Waals surface area contributed by atoms with E-state index in [1.807, 2.05) is 6.92 Å². The first-order valence-corrected chi connectivity index (χ1v) is 7.77. The predicted molar refractivity (Wildman–Crippen MR) is 87.0 cm³/mol. The van der Waals surface area contributed by atoms with Crippen molar-refractivity contribution in [3.8, 4) is 11.5 Å². The lowest BCUT2D eigenvalue weighted by Gasteiger charge is -2.21. The zero-order chi connectivity index (χ0) is 15.4. The SMILES string of the molecule is CCN1CCCC1C/N=C(\C)c1c(O)ccc(Cl)c1OC. The van der Waals surface area contributed by atoms with Gasteiger partial charge in [0.05, 0.1) is 24.2 Å². The lowest BCUT2D eigenvalue weighted by atomic mass is 10.1. The molecule has 0 aromatic heterocycles. The Labute approximate surface area is 131 Å². The van der Waals surface area contributed by atoms with E-state index in [-0.39, 0.29) is 5.75 Å². The third-order valence-electron chi connectivity index (χ3n) is 4.10. The average molecular weight is 311 g/mol. The monoisotopic (exact) mass is 310 g/mol. The van der Waals surface area contributed by atoms with Gasteiger partial charge in [0.25, 0.3) is 0 Å². The molecular weight excluding hydrogens is 288 g/mol. The molecule has 0 radical (unpaired) electrons. The molecule has 116 valence electrons. The van der Waals surface area contributed by atoms with Gasteiger partial charge in [0.2, 0.25) is 0 Å². The van der Waals surface area contributed by atoms with Gasteiger partial charge in [-0.15, -0.1) is 0 Å². The van der Waals surface area contributed by atoms with Crippen LogP contribution in [0.1, 0.15) is 32.3 Å². The average Bonchev–Trinajstić information content (AvgIpc) is 2.94. The molecule has 0 bridgehead atoms. The van der Waals surface area contributed by atoms with Crippen LogP contribution in [0.4, 0.5) is 0 Å². The number of likely N-dealkylation sites (N-methyl/N-ethyl adjacent to an activating group) is 1. The van der Waals surface area contributed by atoms with Crippen LogP contribution in [-0.4, -0.2) is 48.5 Å². The van der Waals surface area contributed by atoms with Crippen LogP contribution in [0.3, 0.4) is 0 Å². The van der Waals surface area contributed by atoms with Crippen molar-refractivity contribution in [3.63, 3.8) is 0 Å². The molecule has 1 heterocycles. The maximum Gasteiger partial charge on any atom is 0.150 e. The zero-order valence-electron chi connectivity index (χ0n) is 12.9. The van der Waals surface area contributed by atoms with Crippen molar-refractivity contribution in [2.75, 3.05) is 26.7 Å². The number of hydrogen-bond acceptors (Lipinski definition) is 4. The van der Waals surface area contributed by atoms with Crippen LogP contribution in [0.2, 0.25) is 5.02 Å². The molecule has 0 aliphatic carbocycles. The Morgan fingerprint density at radius 2 is 2.29 bits per heavy atom. The maximum absolute atomic E-state index is 10.1. The lowest BCUT2D eigenvalue weighted by Crippen LogP contribution is -2.31. The molecule has 1 atom stereocenters. The van der Waals surface area contributed by atoms with Gasteiger partial charge in [0.1, 0.15) is 11.5 Å². The molecule has 21 heavy (non-hydrogen) atoms. The highest BCUT2D eigenvalue weighted by Crippen LogP contribution is 2.35. The van der Waals surface area contributed by atoms with E-state index < -0.39 is 0 Å². The Kier molecular flexibility index (Phi) is 5.48. The van der Waals surface area contributed by atoms with Gasteiger partial charge in [-0.25, -0.2) is 0 Å². The van der Waals surface area contributed by atoms with Crippen molar-refractivity contribution in [1.82, 2.24) is 4.90 Å². The van der Waals surface area contributed by atoms with E-state index in [0.29, 0.717) is 22.4 Å². The van der Waals surface area contributed by atoms with Gasteiger partial charge in [-0.05, 0) is 45.0 Å². The van der Waals surface area contributed by atoms with Crippen molar-refractivity contribution in [1.29, 1.82) is 0 Å². The Balaban J connectivity index is 2.21. The highest BCUT2D eigenvalue weighted by molar-refractivity contribution is 6.33. The van der Waals surface area contributed by atoms with Crippen LogP contribution in [0.5, 0.6) is 11.5 Å². The second-order valence-corrected chi connectivity index (χ2v) is 5.73. The molecule has 1 saturated heterocycles. The van der Waals surface area contributed by atoms with Gasteiger partial charge in [-0.3, -0.25) is 9.89 Å². The summed E-state index contributed by atoms with van der Waals surface area (Å²) in [6.07, 6.45) is 2.42. The molecule has 2 rings (SSSR count). The third-order valence-corrected chi connectivity index (χ3v) is 4.40. The number of phenols is 1. The fourth-order valence-electron chi connectivity index (χ4n) is 2.94. The smallest absolute Gasteiger partial charge is 0.150 e. The van der Waals surface area contributed by atoms with E-state index >= 15 is 0 Å². The van der Waals surface area contributed by atoms with Crippen LogP contribution in [0.25, 0.3) is 0 Å². The number of hydrogen-bond donors (Lipinski definition) is 1. The summed E-state index contributed by atoms with van der Waals surface area (Å²) in [5, 5.41) is 10.6. The molecule has 4 nitrogen and oxygen atoms in total. The van der Waals surface area contributed by atoms with Crippen LogP contribution >= 0.6 is 11.6 Å². The van der Waals surface area contributed by atoms with E-state index in [9.17, 15) is 5.11 Å². The number of nitrogens with zero attached hydrogens (tertiary/aromatic N) is 2. The summed E-state index contributed by atoms with van der Waals surface area (Å²) in [6, 6.07) is 3.70. The van der Waals surface area contributed by atoms with Crippen LogP contribution in [0, 0.1) is 0 Å². The van der Waals surface area contributed by atoms with Crippen molar-refractivity contribution in [2.24, 2.45) is 4.99 Å². The molecule has 1 aliphatic heterocycles. The first kappa shape index (κ1) is 16.1. The van der Waals surface area contributed by atoms with E-state index in [1.54, 1.807) is 19.2 Å². The molecule has 0 spiro atoms. The Morgan fingerprint density at radius 1 is 1.52 bits per heavy atom. The zero-order valence-corrected chi connectivity index (χ0v) is 13.7. The topological polar surface area (TPSA) is 45.1 Å². The molecule has 0 saturated carbocycles. The molecule has 5 heteroatoms. The van der Waals surface area contributed by atoms with Crippen molar-refractivity contribution in [3.05, 3.63) is 22.7 Å². The van der Waals surface area contributed by atoms with Crippen molar-refractivity contribution < 1.29 is 9.84 Å². The summed E-state index contributed by atoms with van der Waals surface area (Å²) >= 11 is 6.12. The summed E-state index contributed by atoms with van der Waals surface area (Å²) in [6.45, 7) is 7.03. The first-order chi connectivity index (χ1) is 10.1.